The standard InChI is InChI=1S/C34H46O11/c1-20(15-16-27-22(3)14-11-17-34(27,8)9)12-10-13-21(2)18-29(39)45-33-32(43-26(7)38)31(42-25(6)37)30(41-24(5)36)28(44-33)19-40-23(4)35/h10,12-13,15-16,18,28,30-33H,11,14,17,19H2,1-9H3/b13-10+,16-15+,20-12+,21-18+/t28-,30-,31+,32-,33+/m1/s1. The quantitative estimate of drug-likeness (QED) is 0.130. The fourth-order valence-electron chi connectivity index (χ4n) is 5.30. The molecule has 0 unspecified atom stereocenters. The third-order valence-corrected chi connectivity index (χ3v) is 7.30. The molecular formula is C34H46O11. The van der Waals surface area contributed by atoms with Crippen LogP contribution in [0.15, 0.2) is 58.7 Å². The van der Waals surface area contributed by atoms with Crippen LogP contribution >= 0.6 is 0 Å². The van der Waals surface area contributed by atoms with Crippen LogP contribution in [-0.2, 0) is 52.4 Å². The monoisotopic (exact) mass is 630 g/mol. The van der Waals surface area contributed by atoms with E-state index >= 15 is 0 Å². The highest BCUT2D eigenvalue weighted by atomic mass is 16.7. The number of rotatable bonds is 11. The number of carbonyl (C=O) groups is 5. The van der Waals surface area contributed by atoms with Crippen molar-refractivity contribution in [1.29, 1.82) is 0 Å². The molecule has 0 radical (unpaired) electrons. The summed E-state index contributed by atoms with van der Waals surface area (Å²) in [5.41, 5.74) is 4.50. The van der Waals surface area contributed by atoms with E-state index in [2.05, 4.69) is 32.9 Å². The Morgan fingerprint density at radius 3 is 1.98 bits per heavy atom. The summed E-state index contributed by atoms with van der Waals surface area (Å²) in [6.45, 7) is 14.5. The Bertz CT molecular complexity index is 1280. The fourth-order valence-corrected chi connectivity index (χ4v) is 5.30. The van der Waals surface area contributed by atoms with Crippen molar-refractivity contribution in [3.8, 4) is 0 Å². The Balaban J connectivity index is 2.25. The third kappa shape index (κ3) is 12.1. The Morgan fingerprint density at radius 2 is 1.40 bits per heavy atom. The highest BCUT2D eigenvalue weighted by Gasteiger charge is 2.53. The number of hydrogen-bond acceptors (Lipinski definition) is 11. The summed E-state index contributed by atoms with van der Waals surface area (Å²) in [7, 11) is 0. The fraction of sp³-hybridized carbons (Fsp3) is 0.559. The van der Waals surface area contributed by atoms with Gasteiger partial charge in [0.05, 0.1) is 0 Å². The lowest BCUT2D eigenvalue weighted by Gasteiger charge is -2.43. The molecule has 1 aliphatic carbocycles. The van der Waals surface area contributed by atoms with Crippen LogP contribution < -0.4 is 0 Å². The average molecular weight is 631 g/mol. The van der Waals surface area contributed by atoms with Crippen LogP contribution in [0.25, 0.3) is 0 Å². The molecule has 1 heterocycles. The van der Waals surface area contributed by atoms with Crippen LogP contribution in [0.4, 0.5) is 0 Å². The molecular weight excluding hydrogens is 584 g/mol. The number of ether oxygens (including phenoxy) is 6. The first-order valence-electron chi connectivity index (χ1n) is 14.9. The Hall–Kier alpha value is -3.99. The summed E-state index contributed by atoms with van der Waals surface area (Å²) in [5.74, 6) is -3.86. The largest absolute Gasteiger partial charge is 0.463 e. The topological polar surface area (TPSA) is 141 Å². The number of hydrogen-bond donors (Lipinski definition) is 0. The predicted octanol–water partition coefficient (Wildman–Crippen LogP) is 5.14. The van der Waals surface area contributed by atoms with Crippen molar-refractivity contribution in [3.05, 3.63) is 58.7 Å². The first-order chi connectivity index (χ1) is 21.0. The molecule has 1 aliphatic heterocycles. The maximum atomic E-state index is 12.9. The Kier molecular flexibility index (Phi) is 14.0. The minimum atomic E-state index is -1.60. The van der Waals surface area contributed by atoms with E-state index < -0.39 is 67.2 Å². The lowest BCUT2D eigenvalue weighted by atomic mass is 9.72. The van der Waals surface area contributed by atoms with E-state index in [1.54, 1.807) is 19.1 Å². The van der Waals surface area contributed by atoms with E-state index in [9.17, 15) is 24.0 Å². The molecule has 248 valence electrons. The molecule has 0 aromatic rings. The summed E-state index contributed by atoms with van der Waals surface area (Å²) in [4.78, 5) is 60.2. The molecule has 11 nitrogen and oxygen atoms in total. The van der Waals surface area contributed by atoms with Gasteiger partial charge in [0.25, 0.3) is 0 Å². The molecule has 0 aromatic heterocycles. The van der Waals surface area contributed by atoms with Crippen LogP contribution in [0.2, 0.25) is 0 Å². The number of carbonyl (C=O) groups excluding carboxylic acids is 5. The van der Waals surface area contributed by atoms with Gasteiger partial charge < -0.3 is 28.4 Å². The van der Waals surface area contributed by atoms with Gasteiger partial charge in [-0.15, -0.1) is 0 Å². The van der Waals surface area contributed by atoms with Crippen molar-refractivity contribution < 1.29 is 52.4 Å². The third-order valence-electron chi connectivity index (χ3n) is 7.30. The molecule has 2 aliphatic rings. The SMILES string of the molecule is CC(=O)OC[C@H]1O[C@@H](OC(=O)/C=C(C)/C=C/C=C(C)/C=C/C2=C(C)CCCC2(C)C)[C@H](OC(C)=O)[C@@H](OC(C)=O)[C@@H]1OC(C)=O. The molecule has 1 saturated heterocycles. The maximum absolute atomic E-state index is 12.9. The van der Waals surface area contributed by atoms with Crippen molar-refractivity contribution >= 4 is 29.8 Å². The molecule has 0 spiro atoms. The zero-order chi connectivity index (χ0) is 33.9. The van der Waals surface area contributed by atoms with E-state index in [1.807, 2.05) is 13.0 Å². The minimum absolute atomic E-state index is 0.144. The number of esters is 5. The molecule has 0 amide bonds. The smallest absolute Gasteiger partial charge is 0.333 e. The van der Waals surface area contributed by atoms with Crippen molar-refractivity contribution in [3.63, 3.8) is 0 Å². The van der Waals surface area contributed by atoms with Crippen molar-refractivity contribution in [2.75, 3.05) is 6.61 Å². The van der Waals surface area contributed by atoms with Gasteiger partial charge in [0.2, 0.25) is 12.4 Å². The van der Waals surface area contributed by atoms with Gasteiger partial charge in [0.15, 0.2) is 12.2 Å². The van der Waals surface area contributed by atoms with Crippen LogP contribution in [0.1, 0.15) is 81.6 Å². The van der Waals surface area contributed by atoms with Crippen LogP contribution in [0, 0.1) is 5.41 Å². The van der Waals surface area contributed by atoms with Crippen molar-refractivity contribution in [1.82, 2.24) is 0 Å². The maximum Gasteiger partial charge on any atom is 0.333 e. The minimum Gasteiger partial charge on any atom is -0.463 e. The summed E-state index contributed by atoms with van der Waals surface area (Å²) in [6.07, 6.45) is 7.29. The van der Waals surface area contributed by atoms with E-state index in [4.69, 9.17) is 28.4 Å². The molecule has 2 rings (SSSR count). The molecule has 0 aromatic carbocycles. The van der Waals surface area contributed by atoms with E-state index in [1.165, 1.54) is 23.6 Å². The summed E-state index contributed by atoms with van der Waals surface area (Å²) in [5, 5.41) is 0. The molecule has 0 bridgehead atoms. The lowest BCUT2D eigenvalue weighted by molar-refractivity contribution is -0.299. The summed E-state index contributed by atoms with van der Waals surface area (Å²) in [6, 6.07) is 0. The first-order valence-corrected chi connectivity index (χ1v) is 14.9. The molecule has 11 heteroatoms. The number of allylic oxidation sites excluding steroid dienone is 9. The second kappa shape index (κ2) is 16.9. The lowest BCUT2D eigenvalue weighted by Crippen LogP contribution is -2.63. The Labute approximate surface area is 265 Å². The van der Waals surface area contributed by atoms with Crippen molar-refractivity contribution in [2.45, 2.75) is 112 Å². The normalized spacial score (nSPS) is 25.6. The average Bonchev–Trinajstić information content (AvgIpc) is 2.89. The van der Waals surface area contributed by atoms with E-state index in [0.29, 0.717) is 5.57 Å². The van der Waals surface area contributed by atoms with Gasteiger partial charge in [-0.2, -0.15) is 0 Å². The van der Waals surface area contributed by atoms with Crippen molar-refractivity contribution in [2.24, 2.45) is 5.41 Å². The van der Waals surface area contributed by atoms with Gasteiger partial charge >= 0.3 is 29.8 Å². The second-order valence-corrected chi connectivity index (χ2v) is 11.9. The van der Waals surface area contributed by atoms with Gasteiger partial charge in [-0.05, 0) is 56.6 Å². The van der Waals surface area contributed by atoms with Gasteiger partial charge in [-0.1, -0.05) is 55.4 Å². The van der Waals surface area contributed by atoms with Gasteiger partial charge in [0.1, 0.15) is 12.7 Å². The summed E-state index contributed by atoms with van der Waals surface area (Å²) < 4.78 is 32.3. The molecule has 1 fully saturated rings. The van der Waals surface area contributed by atoms with E-state index in [0.717, 1.165) is 46.1 Å². The van der Waals surface area contributed by atoms with Crippen LogP contribution in [0.5, 0.6) is 0 Å². The summed E-state index contributed by atoms with van der Waals surface area (Å²) >= 11 is 0. The zero-order valence-electron chi connectivity index (χ0n) is 27.7. The molecule has 0 saturated carbocycles. The van der Waals surface area contributed by atoms with Gasteiger partial charge in [0, 0.05) is 33.8 Å². The zero-order valence-corrected chi connectivity index (χ0v) is 27.7. The molecule has 45 heavy (non-hydrogen) atoms. The predicted molar refractivity (Wildman–Crippen MR) is 164 cm³/mol. The Morgan fingerprint density at radius 1 is 0.800 bits per heavy atom. The van der Waals surface area contributed by atoms with Crippen LogP contribution in [-0.4, -0.2) is 67.2 Å². The highest BCUT2D eigenvalue weighted by Crippen LogP contribution is 2.40. The molecule has 0 N–H and O–H groups in total. The van der Waals surface area contributed by atoms with Crippen LogP contribution in [0.3, 0.4) is 0 Å². The highest BCUT2D eigenvalue weighted by molar-refractivity contribution is 5.83. The first kappa shape index (κ1) is 37.2. The second-order valence-electron chi connectivity index (χ2n) is 11.9. The molecule has 5 atom stereocenters. The van der Waals surface area contributed by atoms with Gasteiger partial charge in [-0.25, -0.2) is 4.79 Å². The van der Waals surface area contributed by atoms with Gasteiger partial charge in [-0.3, -0.25) is 19.2 Å². The van der Waals surface area contributed by atoms with E-state index in [-0.39, 0.29) is 5.41 Å².